The fourth-order valence-corrected chi connectivity index (χ4v) is 3.13. The predicted molar refractivity (Wildman–Crippen MR) is 75.9 cm³/mol. The van der Waals surface area contributed by atoms with Crippen LogP contribution in [0.25, 0.3) is 0 Å². The standard InChI is InChI=1S/C15H22ClNO/c1-2-9-15(18,13-7-10-17-11-8-13)12-3-5-14(16)6-4-12/h3-6,13,17-18H,2,7-11H2,1H3/t15-/m0/s1. The van der Waals surface area contributed by atoms with Crippen molar-refractivity contribution in [3.8, 4) is 0 Å². The first-order chi connectivity index (χ1) is 8.66. The van der Waals surface area contributed by atoms with Crippen molar-refractivity contribution < 1.29 is 5.11 Å². The van der Waals surface area contributed by atoms with E-state index in [0.29, 0.717) is 5.92 Å². The number of piperidine rings is 1. The van der Waals surface area contributed by atoms with Gasteiger partial charge in [0, 0.05) is 5.02 Å². The molecule has 1 aromatic carbocycles. The van der Waals surface area contributed by atoms with Crippen molar-refractivity contribution in [1.29, 1.82) is 0 Å². The maximum absolute atomic E-state index is 11.1. The Kier molecular flexibility index (Phi) is 4.66. The van der Waals surface area contributed by atoms with Gasteiger partial charge in [0.25, 0.3) is 0 Å². The Labute approximate surface area is 114 Å². The highest BCUT2D eigenvalue weighted by molar-refractivity contribution is 6.30. The zero-order valence-corrected chi connectivity index (χ0v) is 11.7. The third-order valence-corrected chi connectivity index (χ3v) is 4.24. The summed E-state index contributed by atoms with van der Waals surface area (Å²) in [6, 6.07) is 7.69. The van der Waals surface area contributed by atoms with E-state index in [0.717, 1.165) is 49.4 Å². The zero-order chi connectivity index (χ0) is 13.0. The van der Waals surface area contributed by atoms with E-state index in [4.69, 9.17) is 11.6 Å². The van der Waals surface area contributed by atoms with E-state index in [9.17, 15) is 5.11 Å². The second kappa shape index (κ2) is 6.05. The maximum Gasteiger partial charge on any atom is 0.0925 e. The highest BCUT2D eigenvalue weighted by Gasteiger charge is 2.37. The summed E-state index contributed by atoms with van der Waals surface area (Å²) in [7, 11) is 0. The number of hydrogen-bond donors (Lipinski definition) is 2. The Morgan fingerprint density at radius 2 is 1.89 bits per heavy atom. The minimum absolute atomic E-state index is 0.347. The first-order valence-corrected chi connectivity index (χ1v) is 7.23. The molecule has 0 spiro atoms. The van der Waals surface area contributed by atoms with Gasteiger partial charge in [-0.15, -0.1) is 0 Å². The lowest BCUT2D eigenvalue weighted by molar-refractivity contribution is -0.0441. The monoisotopic (exact) mass is 267 g/mol. The maximum atomic E-state index is 11.1. The smallest absolute Gasteiger partial charge is 0.0925 e. The van der Waals surface area contributed by atoms with Gasteiger partial charge < -0.3 is 10.4 Å². The molecule has 1 aliphatic rings. The fraction of sp³-hybridized carbons (Fsp3) is 0.600. The summed E-state index contributed by atoms with van der Waals surface area (Å²) in [6.45, 7) is 4.14. The molecule has 0 unspecified atom stereocenters. The Morgan fingerprint density at radius 3 is 2.44 bits per heavy atom. The van der Waals surface area contributed by atoms with E-state index >= 15 is 0 Å². The van der Waals surface area contributed by atoms with E-state index in [-0.39, 0.29) is 0 Å². The Morgan fingerprint density at radius 1 is 1.28 bits per heavy atom. The van der Waals surface area contributed by atoms with Gasteiger partial charge in [-0.25, -0.2) is 0 Å². The third kappa shape index (κ3) is 2.87. The second-order valence-electron chi connectivity index (χ2n) is 5.21. The lowest BCUT2D eigenvalue weighted by atomic mass is 9.74. The number of rotatable bonds is 4. The van der Waals surface area contributed by atoms with Crippen molar-refractivity contribution >= 4 is 11.6 Å². The molecule has 0 aliphatic carbocycles. The summed E-state index contributed by atoms with van der Waals surface area (Å²) in [5, 5.41) is 15.2. The number of nitrogens with one attached hydrogen (secondary N) is 1. The molecule has 1 aliphatic heterocycles. The van der Waals surface area contributed by atoms with Crippen molar-refractivity contribution in [3.63, 3.8) is 0 Å². The second-order valence-corrected chi connectivity index (χ2v) is 5.64. The molecule has 1 saturated heterocycles. The number of hydrogen-bond acceptors (Lipinski definition) is 2. The molecular formula is C15H22ClNO. The molecule has 1 heterocycles. The summed E-state index contributed by atoms with van der Waals surface area (Å²) < 4.78 is 0. The average Bonchev–Trinajstić information content (AvgIpc) is 2.40. The Balaban J connectivity index is 2.26. The zero-order valence-electron chi connectivity index (χ0n) is 11.0. The molecule has 1 fully saturated rings. The molecule has 0 amide bonds. The minimum atomic E-state index is -0.693. The SMILES string of the molecule is CCC[C@](O)(c1ccc(Cl)cc1)C1CCNCC1. The van der Waals surface area contributed by atoms with Crippen LogP contribution in [0, 0.1) is 5.92 Å². The molecular weight excluding hydrogens is 246 g/mol. The molecule has 0 aromatic heterocycles. The van der Waals surface area contributed by atoms with Crippen LogP contribution in [0.4, 0.5) is 0 Å². The average molecular weight is 268 g/mol. The first-order valence-electron chi connectivity index (χ1n) is 6.86. The van der Waals surface area contributed by atoms with Crippen LogP contribution in [0.2, 0.25) is 5.02 Å². The van der Waals surface area contributed by atoms with Crippen LogP contribution in [0.1, 0.15) is 38.2 Å². The molecule has 2 rings (SSSR count). The normalized spacial score (nSPS) is 20.6. The van der Waals surface area contributed by atoms with Crippen LogP contribution in [-0.2, 0) is 5.60 Å². The summed E-state index contributed by atoms with van der Waals surface area (Å²) in [5.41, 5.74) is 0.321. The van der Waals surface area contributed by atoms with Crippen LogP contribution < -0.4 is 5.32 Å². The van der Waals surface area contributed by atoms with Crippen molar-refractivity contribution in [2.75, 3.05) is 13.1 Å². The van der Waals surface area contributed by atoms with Gasteiger partial charge in [-0.2, -0.15) is 0 Å². The first kappa shape index (κ1) is 13.9. The largest absolute Gasteiger partial charge is 0.385 e. The van der Waals surface area contributed by atoms with Crippen molar-refractivity contribution in [2.45, 2.75) is 38.2 Å². The molecule has 100 valence electrons. The number of halogens is 1. The number of aliphatic hydroxyl groups is 1. The van der Waals surface area contributed by atoms with Crippen LogP contribution in [0.5, 0.6) is 0 Å². The van der Waals surface area contributed by atoms with Gasteiger partial charge in [0.05, 0.1) is 5.60 Å². The van der Waals surface area contributed by atoms with Crippen LogP contribution in [-0.4, -0.2) is 18.2 Å². The van der Waals surface area contributed by atoms with Gasteiger partial charge in [0.15, 0.2) is 0 Å². The summed E-state index contributed by atoms with van der Waals surface area (Å²) >= 11 is 5.93. The van der Waals surface area contributed by atoms with Crippen LogP contribution >= 0.6 is 11.6 Å². The molecule has 18 heavy (non-hydrogen) atoms. The van der Waals surface area contributed by atoms with E-state index in [1.165, 1.54) is 0 Å². The van der Waals surface area contributed by atoms with E-state index in [1.807, 2.05) is 24.3 Å². The van der Waals surface area contributed by atoms with E-state index in [1.54, 1.807) is 0 Å². The quantitative estimate of drug-likeness (QED) is 0.877. The van der Waals surface area contributed by atoms with Crippen LogP contribution in [0.15, 0.2) is 24.3 Å². The summed E-state index contributed by atoms with van der Waals surface area (Å²) in [4.78, 5) is 0. The van der Waals surface area contributed by atoms with Crippen molar-refractivity contribution in [3.05, 3.63) is 34.9 Å². The Hall–Kier alpha value is -0.570. The lowest BCUT2D eigenvalue weighted by Crippen LogP contribution is -2.41. The summed E-state index contributed by atoms with van der Waals surface area (Å²) in [6.07, 6.45) is 3.89. The Bertz CT molecular complexity index is 373. The van der Waals surface area contributed by atoms with Gasteiger partial charge in [-0.1, -0.05) is 37.1 Å². The van der Waals surface area contributed by atoms with Gasteiger partial charge in [0.1, 0.15) is 0 Å². The van der Waals surface area contributed by atoms with Gasteiger partial charge in [0.2, 0.25) is 0 Å². The summed E-state index contributed by atoms with van der Waals surface area (Å²) in [5.74, 6) is 0.347. The molecule has 0 bridgehead atoms. The van der Waals surface area contributed by atoms with Crippen molar-refractivity contribution in [1.82, 2.24) is 5.32 Å². The van der Waals surface area contributed by atoms with Crippen molar-refractivity contribution in [2.24, 2.45) is 5.92 Å². The predicted octanol–water partition coefficient (Wildman–Crippen LogP) is 3.33. The molecule has 2 nitrogen and oxygen atoms in total. The van der Waals surface area contributed by atoms with Gasteiger partial charge >= 0.3 is 0 Å². The third-order valence-electron chi connectivity index (χ3n) is 3.99. The number of benzene rings is 1. The molecule has 0 radical (unpaired) electrons. The van der Waals surface area contributed by atoms with Gasteiger partial charge in [-0.3, -0.25) is 0 Å². The van der Waals surface area contributed by atoms with Crippen LogP contribution in [0.3, 0.4) is 0 Å². The molecule has 3 heteroatoms. The topological polar surface area (TPSA) is 32.3 Å². The lowest BCUT2D eigenvalue weighted by Gasteiger charge is -2.39. The highest BCUT2D eigenvalue weighted by atomic mass is 35.5. The molecule has 1 atom stereocenters. The molecule has 1 aromatic rings. The van der Waals surface area contributed by atoms with E-state index < -0.39 is 5.60 Å². The van der Waals surface area contributed by atoms with Gasteiger partial charge in [-0.05, 0) is 56.0 Å². The molecule has 0 saturated carbocycles. The molecule has 2 N–H and O–H groups in total. The minimum Gasteiger partial charge on any atom is -0.385 e. The fourth-order valence-electron chi connectivity index (χ4n) is 3.00. The highest BCUT2D eigenvalue weighted by Crippen LogP contribution is 2.39. The van der Waals surface area contributed by atoms with E-state index in [2.05, 4.69) is 12.2 Å².